The number of rotatable bonds is 9. The van der Waals surface area contributed by atoms with E-state index in [9.17, 15) is 18.0 Å². The molecule has 0 radical (unpaired) electrons. The van der Waals surface area contributed by atoms with Gasteiger partial charge in [-0.15, -0.1) is 0 Å². The number of carbonyl (C=O) groups is 2. The minimum Gasteiger partial charge on any atom is -0.347 e. The molecule has 7 nitrogen and oxygen atoms in total. The summed E-state index contributed by atoms with van der Waals surface area (Å²) in [5, 5.41) is 7.66. The van der Waals surface area contributed by atoms with Crippen LogP contribution < -0.4 is 10.5 Å². The summed E-state index contributed by atoms with van der Waals surface area (Å²) >= 11 is 0. The molecule has 140 valence electrons. The van der Waals surface area contributed by atoms with Gasteiger partial charge in [-0.2, -0.15) is 0 Å². The fourth-order valence-corrected chi connectivity index (χ4v) is 2.83. The Kier molecular flexibility index (Phi) is 8.57. The normalized spacial score (nSPS) is 11.2. The van der Waals surface area contributed by atoms with Crippen LogP contribution in [-0.2, 0) is 26.0 Å². The number of carbonyl (C=O) groups excluding carboxylic acids is 2. The number of nitrogens with zero attached hydrogens (tertiary/aromatic N) is 1. The average molecular weight is 369 g/mol. The zero-order chi connectivity index (χ0) is 18.9. The van der Waals surface area contributed by atoms with E-state index in [0.717, 1.165) is 24.8 Å². The van der Waals surface area contributed by atoms with E-state index >= 15 is 0 Å². The number of benzene rings is 1. The zero-order valence-electron chi connectivity index (χ0n) is 14.8. The Balaban J connectivity index is 2.51. The molecule has 0 aliphatic rings. The van der Waals surface area contributed by atoms with E-state index in [-0.39, 0.29) is 4.90 Å². The van der Waals surface area contributed by atoms with Gasteiger partial charge in [0.2, 0.25) is 10.0 Å². The molecular weight excluding hydrogens is 342 g/mol. The van der Waals surface area contributed by atoms with Crippen LogP contribution in [0.5, 0.6) is 0 Å². The molecule has 0 saturated carbocycles. The number of nitrogens with one attached hydrogen (secondary N) is 1. The second-order valence-corrected chi connectivity index (χ2v) is 7.40. The molecule has 0 aliphatic heterocycles. The summed E-state index contributed by atoms with van der Waals surface area (Å²) in [5.74, 6) is -1.11. The van der Waals surface area contributed by atoms with E-state index in [4.69, 9.17) is 5.14 Å². The lowest BCUT2D eigenvalue weighted by molar-refractivity contribution is -0.145. The topological polar surface area (TPSA) is 110 Å². The molecule has 0 saturated heterocycles. The molecule has 0 atom stereocenters. The Bertz CT molecular complexity index is 672. The van der Waals surface area contributed by atoms with Gasteiger partial charge in [0.05, 0.1) is 4.90 Å². The van der Waals surface area contributed by atoms with E-state index in [2.05, 4.69) is 5.32 Å². The molecule has 1 aromatic carbocycles. The lowest BCUT2D eigenvalue weighted by Crippen LogP contribution is -2.44. The highest BCUT2D eigenvalue weighted by Crippen LogP contribution is 2.09. The van der Waals surface area contributed by atoms with Crippen molar-refractivity contribution in [1.82, 2.24) is 10.2 Å². The van der Waals surface area contributed by atoms with Crippen molar-refractivity contribution in [3.8, 4) is 0 Å². The van der Waals surface area contributed by atoms with E-state index in [0.29, 0.717) is 26.1 Å². The number of sulfonamides is 1. The van der Waals surface area contributed by atoms with Gasteiger partial charge in [-0.25, -0.2) is 13.6 Å². The Morgan fingerprint density at radius 3 is 2.24 bits per heavy atom. The lowest BCUT2D eigenvalue weighted by Gasteiger charge is -2.21. The summed E-state index contributed by atoms with van der Waals surface area (Å²) in [6, 6.07) is 6.12. The molecule has 0 heterocycles. The molecule has 3 N–H and O–H groups in total. The summed E-state index contributed by atoms with van der Waals surface area (Å²) in [6.07, 6.45) is 3.13. The molecule has 0 aromatic heterocycles. The van der Waals surface area contributed by atoms with Crippen LogP contribution in [0.4, 0.5) is 0 Å². The minimum absolute atomic E-state index is 0.0431. The van der Waals surface area contributed by atoms with Crippen molar-refractivity contribution in [1.29, 1.82) is 0 Å². The van der Waals surface area contributed by atoms with Gasteiger partial charge < -0.3 is 10.2 Å². The van der Waals surface area contributed by atoms with Gasteiger partial charge in [0.15, 0.2) is 0 Å². The maximum absolute atomic E-state index is 12.2. The van der Waals surface area contributed by atoms with Crippen LogP contribution in [0.3, 0.4) is 0 Å². The van der Waals surface area contributed by atoms with E-state index in [1.807, 2.05) is 13.8 Å². The molecule has 2 amide bonds. The predicted octanol–water partition coefficient (Wildman–Crippen LogP) is 1.03. The van der Waals surface area contributed by atoms with Gasteiger partial charge in [-0.3, -0.25) is 9.59 Å². The highest BCUT2D eigenvalue weighted by Gasteiger charge is 2.20. The Labute approximate surface area is 149 Å². The van der Waals surface area contributed by atoms with Gasteiger partial charge in [0, 0.05) is 19.6 Å². The monoisotopic (exact) mass is 369 g/mol. The first-order valence-electron chi connectivity index (χ1n) is 8.48. The van der Waals surface area contributed by atoms with Crippen molar-refractivity contribution in [2.24, 2.45) is 5.14 Å². The number of unbranched alkanes of at least 4 members (excludes halogenated alkanes) is 1. The third kappa shape index (κ3) is 7.23. The minimum atomic E-state index is -3.71. The van der Waals surface area contributed by atoms with Crippen molar-refractivity contribution in [3.63, 3.8) is 0 Å². The molecule has 1 aromatic rings. The summed E-state index contributed by atoms with van der Waals surface area (Å²) in [5.41, 5.74) is 0.844. The van der Waals surface area contributed by atoms with Crippen LogP contribution >= 0.6 is 0 Å². The van der Waals surface area contributed by atoms with E-state index < -0.39 is 21.8 Å². The maximum atomic E-state index is 12.2. The molecule has 25 heavy (non-hydrogen) atoms. The second-order valence-electron chi connectivity index (χ2n) is 5.84. The fraction of sp³-hybridized carbons (Fsp3) is 0.529. The summed E-state index contributed by atoms with van der Waals surface area (Å²) in [6.45, 7) is 5.46. The highest BCUT2D eigenvalue weighted by atomic mass is 32.2. The Morgan fingerprint density at radius 2 is 1.72 bits per heavy atom. The van der Waals surface area contributed by atoms with Crippen LogP contribution in [0, 0.1) is 0 Å². The van der Waals surface area contributed by atoms with Gasteiger partial charge in [0.25, 0.3) is 0 Å². The quantitative estimate of drug-likeness (QED) is 0.634. The van der Waals surface area contributed by atoms with Crippen molar-refractivity contribution in [3.05, 3.63) is 29.8 Å². The van der Waals surface area contributed by atoms with E-state index in [1.165, 1.54) is 12.1 Å². The number of amides is 2. The van der Waals surface area contributed by atoms with Gasteiger partial charge in [-0.1, -0.05) is 32.4 Å². The zero-order valence-corrected chi connectivity index (χ0v) is 15.6. The molecule has 0 aliphatic carbocycles. The van der Waals surface area contributed by atoms with Crippen molar-refractivity contribution in [2.75, 3.05) is 19.6 Å². The Hall–Kier alpha value is -1.93. The number of hydrogen-bond donors (Lipinski definition) is 2. The van der Waals surface area contributed by atoms with Crippen molar-refractivity contribution < 1.29 is 18.0 Å². The standard InChI is InChI=1S/C17H27N3O4S/c1-3-5-13-20(12-4-2)17(22)16(21)19-11-10-14-6-8-15(9-7-14)25(18,23)24/h6-9H,3-5,10-13H2,1-2H3,(H,19,21)(H2,18,23,24). The van der Waals surface area contributed by atoms with Crippen LogP contribution in [0.1, 0.15) is 38.7 Å². The van der Waals surface area contributed by atoms with Gasteiger partial charge >= 0.3 is 11.8 Å². The van der Waals surface area contributed by atoms with Gasteiger partial charge in [-0.05, 0) is 37.0 Å². The van der Waals surface area contributed by atoms with Crippen LogP contribution in [-0.4, -0.2) is 44.8 Å². The predicted molar refractivity (Wildman–Crippen MR) is 96.3 cm³/mol. The molecule has 0 bridgehead atoms. The molecule has 0 spiro atoms. The van der Waals surface area contributed by atoms with Crippen molar-refractivity contribution >= 4 is 21.8 Å². The van der Waals surface area contributed by atoms with Crippen LogP contribution in [0.2, 0.25) is 0 Å². The maximum Gasteiger partial charge on any atom is 0.311 e. The first kappa shape index (κ1) is 21.1. The highest BCUT2D eigenvalue weighted by molar-refractivity contribution is 7.89. The molecular formula is C17H27N3O4S. The third-order valence-corrected chi connectivity index (χ3v) is 4.64. The SMILES string of the molecule is CCCCN(CCC)C(=O)C(=O)NCCc1ccc(S(N)(=O)=O)cc1. The average Bonchev–Trinajstić information content (AvgIpc) is 2.57. The lowest BCUT2D eigenvalue weighted by atomic mass is 10.1. The summed E-state index contributed by atoms with van der Waals surface area (Å²) in [4.78, 5) is 25.8. The number of primary sulfonamides is 1. The molecule has 8 heteroatoms. The fourth-order valence-electron chi connectivity index (χ4n) is 2.32. The molecule has 1 rings (SSSR count). The van der Waals surface area contributed by atoms with Gasteiger partial charge in [0.1, 0.15) is 0 Å². The molecule has 0 fully saturated rings. The van der Waals surface area contributed by atoms with Crippen LogP contribution in [0.25, 0.3) is 0 Å². The van der Waals surface area contributed by atoms with Crippen LogP contribution in [0.15, 0.2) is 29.2 Å². The van der Waals surface area contributed by atoms with E-state index in [1.54, 1.807) is 17.0 Å². The smallest absolute Gasteiger partial charge is 0.311 e. The summed E-state index contributed by atoms with van der Waals surface area (Å²) in [7, 11) is -3.71. The van der Waals surface area contributed by atoms with Crippen molar-refractivity contribution in [2.45, 2.75) is 44.4 Å². The third-order valence-electron chi connectivity index (χ3n) is 3.71. The number of hydrogen-bond acceptors (Lipinski definition) is 4. The Morgan fingerprint density at radius 1 is 1.08 bits per heavy atom. The first-order valence-corrected chi connectivity index (χ1v) is 10.0. The first-order chi connectivity index (χ1) is 11.8. The molecule has 0 unspecified atom stereocenters. The second kappa shape index (κ2) is 10.1. The summed E-state index contributed by atoms with van der Waals surface area (Å²) < 4.78 is 22.4. The number of nitrogens with two attached hydrogens (primary N) is 1. The largest absolute Gasteiger partial charge is 0.347 e.